The second kappa shape index (κ2) is 9.52. The lowest BCUT2D eigenvalue weighted by Crippen LogP contribution is -2.49. The number of para-hydroxylation sites is 1. The standard InChI is InChI=1S/C24H19Cl2N3O4/c1-2-33-17-10-7-15(8-11-17)27-22(30)14-28-21-6-4-3-5-18(21)23(31)29(24(28)32)16-9-12-19(25)20(26)13-16/h3-13H,2,14H2,1H3,(H,27,30)/p+2. The van der Waals surface area contributed by atoms with Gasteiger partial charge in [0.05, 0.1) is 16.7 Å². The number of benzene rings is 3. The van der Waals surface area contributed by atoms with Crippen LogP contribution in [0.3, 0.4) is 0 Å². The molecule has 0 atom stereocenters. The maximum atomic E-state index is 12.8. The first-order valence-corrected chi connectivity index (χ1v) is 10.9. The van der Waals surface area contributed by atoms with Crippen LogP contribution in [0.15, 0.2) is 66.7 Å². The monoisotopic (exact) mass is 485 g/mol. The number of amides is 1. The van der Waals surface area contributed by atoms with Gasteiger partial charge in [0.1, 0.15) is 5.75 Å². The Hall–Kier alpha value is -3.55. The SMILES string of the molecule is CCOc1ccc(NC(=O)C[n+]2c(O)[n+](-c3ccc(Cl)c(Cl)c3)c(O)c3ccccc32)cc1. The zero-order valence-electron chi connectivity index (χ0n) is 17.6. The molecular weight excluding hydrogens is 465 g/mol. The summed E-state index contributed by atoms with van der Waals surface area (Å²) >= 11 is 12.2. The highest BCUT2D eigenvalue weighted by Gasteiger charge is 2.36. The number of rotatable bonds is 6. The van der Waals surface area contributed by atoms with Crippen molar-refractivity contribution in [3.63, 3.8) is 0 Å². The third kappa shape index (κ3) is 4.65. The Bertz CT molecular complexity index is 1340. The fraction of sp³-hybridized carbons (Fsp3) is 0.125. The minimum absolute atomic E-state index is 0.204. The molecule has 3 N–H and O–H groups in total. The van der Waals surface area contributed by atoms with Crippen LogP contribution >= 0.6 is 23.2 Å². The molecule has 0 aliphatic carbocycles. The molecule has 0 radical (unpaired) electrons. The summed E-state index contributed by atoms with van der Waals surface area (Å²) in [5, 5.41) is 25.8. The van der Waals surface area contributed by atoms with Crippen molar-refractivity contribution in [1.82, 2.24) is 0 Å². The van der Waals surface area contributed by atoms with Gasteiger partial charge in [-0.05, 0) is 47.9 Å². The quantitative estimate of drug-likeness (QED) is 0.358. The largest absolute Gasteiger partial charge is 0.638 e. The molecule has 0 aliphatic heterocycles. The van der Waals surface area contributed by atoms with E-state index >= 15 is 0 Å². The maximum Gasteiger partial charge on any atom is 0.638 e. The molecule has 3 aromatic carbocycles. The number of nitrogens with one attached hydrogen (secondary N) is 1. The van der Waals surface area contributed by atoms with Gasteiger partial charge in [-0.3, -0.25) is 4.79 Å². The number of aromatic nitrogens is 2. The van der Waals surface area contributed by atoms with Crippen molar-refractivity contribution in [2.75, 3.05) is 11.9 Å². The smallest absolute Gasteiger partial charge is 0.494 e. The fourth-order valence-corrected chi connectivity index (χ4v) is 3.80. The zero-order chi connectivity index (χ0) is 23.5. The number of nitrogens with zero attached hydrogens (tertiary/aromatic N) is 2. The summed E-state index contributed by atoms with van der Waals surface area (Å²) in [7, 11) is 0. The number of carbonyl (C=O) groups is 1. The van der Waals surface area contributed by atoms with E-state index in [1.807, 2.05) is 6.92 Å². The highest BCUT2D eigenvalue weighted by molar-refractivity contribution is 6.42. The molecule has 0 aliphatic rings. The Morgan fingerprint density at radius 1 is 1.00 bits per heavy atom. The van der Waals surface area contributed by atoms with Crippen LogP contribution in [0.4, 0.5) is 5.69 Å². The van der Waals surface area contributed by atoms with Crippen LogP contribution in [0.5, 0.6) is 17.6 Å². The first-order chi connectivity index (χ1) is 15.9. The summed E-state index contributed by atoms with van der Waals surface area (Å²) in [6, 6.07) is 18.2. The van der Waals surface area contributed by atoms with Crippen molar-refractivity contribution >= 4 is 45.7 Å². The Morgan fingerprint density at radius 3 is 2.42 bits per heavy atom. The number of aromatic hydroxyl groups is 2. The molecule has 168 valence electrons. The topological polar surface area (TPSA) is 86.5 Å². The Balaban J connectivity index is 1.73. The molecular formula is C24H21Cl2N3O4+2. The Kier molecular flexibility index (Phi) is 6.53. The number of anilines is 1. The summed E-state index contributed by atoms with van der Waals surface area (Å²) < 4.78 is 8.02. The van der Waals surface area contributed by atoms with Gasteiger partial charge >= 0.3 is 11.9 Å². The zero-order valence-corrected chi connectivity index (χ0v) is 19.1. The lowest BCUT2D eigenvalue weighted by molar-refractivity contribution is -0.774. The van der Waals surface area contributed by atoms with Crippen LogP contribution in [-0.2, 0) is 11.3 Å². The summed E-state index contributed by atoms with van der Waals surface area (Å²) in [4.78, 5) is 12.8. The fourth-order valence-electron chi connectivity index (χ4n) is 3.50. The first kappa shape index (κ1) is 22.6. The van der Waals surface area contributed by atoms with Crippen LogP contribution in [-0.4, -0.2) is 22.7 Å². The van der Waals surface area contributed by atoms with Gasteiger partial charge in [0, 0.05) is 23.9 Å². The van der Waals surface area contributed by atoms with Crippen LogP contribution in [0.2, 0.25) is 10.0 Å². The van der Waals surface area contributed by atoms with Crippen molar-refractivity contribution in [3.05, 3.63) is 76.8 Å². The highest BCUT2D eigenvalue weighted by atomic mass is 35.5. The summed E-state index contributed by atoms with van der Waals surface area (Å²) in [6.07, 6.45) is 0. The summed E-state index contributed by atoms with van der Waals surface area (Å²) in [5.41, 5.74) is 1.44. The minimum Gasteiger partial charge on any atom is -0.494 e. The summed E-state index contributed by atoms with van der Waals surface area (Å²) in [5.74, 6) is 0.135. The van der Waals surface area contributed by atoms with Crippen LogP contribution in [0, 0.1) is 0 Å². The molecule has 4 aromatic rings. The van der Waals surface area contributed by atoms with Crippen molar-refractivity contribution in [2.24, 2.45) is 0 Å². The molecule has 0 unspecified atom stereocenters. The van der Waals surface area contributed by atoms with E-state index in [4.69, 9.17) is 27.9 Å². The van der Waals surface area contributed by atoms with Gasteiger partial charge in [-0.1, -0.05) is 39.9 Å². The van der Waals surface area contributed by atoms with Crippen LogP contribution in [0.25, 0.3) is 16.6 Å². The van der Waals surface area contributed by atoms with Crippen LogP contribution in [0.1, 0.15) is 6.92 Å². The van der Waals surface area contributed by atoms with Gasteiger partial charge < -0.3 is 20.3 Å². The van der Waals surface area contributed by atoms with E-state index in [1.165, 1.54) is 15.2 Å². The van der Waals surface area contributed by atoms with Gasteiger partial charge in [-0.2, -0.15) is 0 Å². The number of hydrogen-bond acceptors (Lipinski definition) is 4. The number of ether oxygens (including phenoxy) is 1. The van der Waals surface area contributed by atoms with Crippen molar-refractivity contribution in [1.29, 1.82) is 0 Å². The van der Waals surface area contributed by atoms with Gasteiger partial charge in [0.15, 0.2) is 5.39 Å². The Morgan fingerprint density at radius 2 is 1.73 bits per heavy atom. The number of halogens is 2. The number of carbonyl (C=O) groups excluding carboxylic acids is 1. The molecule has 0 saturated heterocycles. The van der Waals surface area contributed by atoms with Crippen LogP contribution < -0.4 is 19.2 Å². The molecule has 1 aromatic heterocycles. The Labute approximate surface area is 200 Å². The van der Waals surface area contributed by atoms with Gasteiger partial charge in [-0.15, -0.1) is 0 Å². The predicted octanol–water partition coefficient (Wildman–Crippen LogP) is 4.16. The average Bonchev–Trinajstić information content (AvgIpc) is 2.80. The highest BCUT2D eigenvalue weighted by Crippen LogP contribution is 2.27. The molecule has 4 rings (SSSR count). The molecule has 0 fully saturated rings. The number of hydrogen-bond donors (Lipinski definition) is 3. The third-order valence-corrected chi connectivity index (χ3v) is 5.74. The van der Waals surface area contributed by atoms with Crippen molar-refractivity contribution in [3.8, 4) is 23.3 Å². The average molecular weight is 486 g/mol. The molecule has 1 heterocycles. The van der Waals surface area contributed by atoms with Crippen molar-refractivity contribution < 1.29 is 28.9 Å². The lowest BCUT2D eigenvalue weighted by Gasteiger charge is -2.07. The minimum atomic E-state index is -0.365. The molecule has 9 heteroatoms. The first-order valence-electron chi connectivity index (χ1n) is 10.2. The van der Waals surface area contributed by atoms with E-state index in [0.29, 0.717) is 39.7 Å². The van der Waals surface area contributed by atoms with E-state index in [1.54, 1.807) is 60.7 Å². The molecule has 0 saturated carbocycles. The second-order valence-electron chi connectivity index (χ2n) is 7.17. The molecule has 33 heavy (non-hydrogen) atoms. The lowest BCUT2D eigenvalue weighted by atomic mass is 10.2. The van der Waals surface area contributed by atoms with E-state index in [9.17, 15) is 15.0 Å². The number of fused-ring (bicyclic) bond motifs is 1. The van der Waals surface area contributed by atoms with Gasteiger partial charge in [0.25, 0.3) is 5.91 Å². The van der Waals surface area contributed by atoms with E-state index in [-0.39, 0.29) is 29.4 Å². The van der Waals surface area contributed by atoms with Gasteiger partial charge in [-0.25, -0.2) is 0 Å². The van der Waals surface area contributed by atoms with E-state index in [0.717, 1.165) is 0 Å². The molecule has 7 nitrogen and oxygen atoms in total. The second-order valence-corrected chi connectivity index (χ2v) is 7.98. The van der Waals surface area contributed by atoms with E-state index in [2.05, 4.69) is 5.32 Å². The third-order valence-electron chi connectivity index (χ3n) is 5.00. The van der Waals surface area contributed by atoms with E-state index < -0.39 is 0 Å². The summed E-state index contributed by atoms with van der Waals surface area (Å²) in [6.45, 7) is 2.24. The van der Waals surface area contributed by atoms with Crippen molar-refractivity contribution in [2.45, 2.75) is 13.5 Å². The normalized spacial score (nSPS) is 10.9. The molecule has 0 spiro atoms. The maximum absolute atomic E-state index is 12.8. The molecule has 1 amide bonds. The predicted molar refractivity (Wildman–Crippen MR) is 125 cm³/mol. The molecule has 0 bridgehead atoms. The van der Waals surface area contributed by atoms with Gasteiger partial charge in [0.2, 0.25) is 17.7 Å².